The Morgan fingerprint density at radius 2 is 1.72 bits per heavy atom. The molecule has 0 aliphatic rings. The minimum absolute atomic E-state index is 0.237. The van der Waals surface area contributed by atoms with Gasteiger partial charge in [-0.1, -0.05) is 43.2 Å². The Bertz CT molecular complexity index is 870. The first-order chi connectivity index (χ1) is 12.0. The van der Waals surface area contributed by atoms with Gasteiger partial charge in [0.2, 0.25) is 0 Å². The molecule has 0 unspecified atom stereocenters. The Kier molecular flexibility index (Phi) is 5.03. The van der Waals surface area contributed by atoms with Gasteiger partial charge < -0.3 is 0 Å². The molecule has 0 atom stereocenters. The third-order valence-electron chi connectivity index (χ3n) is 4.60. The van der Waals surface area contributed by atoms with Gasteiger partial charge in [-0.25, -0.2) is 9.37 Å². The van der Waals surface area contributed by atoms with Gasteiger partial charge in [0, 0.05) is 11.9 Å². The zero-order valence-corrected chi connectivity index (χ0v) is 15.4. The fourth-order valence-electron chi connectivity index (χ4n) is 3.53. The molecule has 0 aliphatic carbocycles. The second-order valence-corrected chi connectivity index (χ2v) is 6.74. The van der Waals surface area contributed by atoms with Gasteiger partial charge in [-0.2, -0.15) is 0 Å². The van der Waals surface area contributed by atoms with Gasteiger partial charge in [0.1, 0.15) is 11.6 Å². The van der Waals surface area contributed by atoms with E-state index >= 15 is 0 Å². The number of rotatable bonds is 5. The normalized spacial score (nSPS) is 11.1. The lowest BCUT2D eigenvalue weighted by atomic mass is 10.0. The lowest BCUT2D eigenvalue weighted by Gasteiger charge is -2.18. The summed E-state index contributed by atoms with van der Waals surface area (Å²) in [5.74, 6) is 0.443. The van der Waals surface area contributed by atoms with E-state index in [0.29, 0.717) is 11.4 Å². The smallest absolute Gasteiger partial charge is 0.147 e. The highest BCUT2D eigenvalue weighted by atomic mass is 19.1. The van der Waals surface area contributed by atoms with Crippen LogP contribution < -0.4 is 0 Å². The maximum absolute atomic E-state index is 14.4. The van der Waals surface area contributed by atoms with E-state index in [2.05, 4.69) is 49.4 Å². The van der Waals surface area contributed by atoms with Crippen LogP contribution in [0.2, 0.25) is 0 Å². The van der Waals surface area contributed by atoms with Crippen LogP contribution in [0.5, 0.6) is 0 Å². The number of hydrogen-bond acceptors (Lipinski definition) is 1. The minimum atomic E-state index is -0.237. The van der Waals surface area contributed by atoms with Crippen molar-refractivity contribution in [3.8, 4) is 17.1 Å². The summed E-state index contributed by atoms with van der Waals surface area (Å²) in [7, 11) is 0. The lowest BCUT2D eigenvalue weighted by molar-refractivity contribution is 0.629. The van der Waals surface area contributed by atoms with Crippen LogP contribution in [0.25, 0.3) is 17.1 Å². The Hall–Kier alpha value is -2.42. The number of aryl methyl sites for hydroxylation is 4. The number of benzene rings is 2. The molecule has 0 radical (unpaired) electrons. The van der Waals surface area contributed by atoms with Crippen molar-refractivity contribution < 1.29 is 4.39 Å². The van der Waals surface area contributed by atoms with Crippen molar-refractivity contribution in [2.24, 2.45) is 0 Å². The summed E-state index contributed by atoms with van der Waals surface area (Å²) in [6, 6.07) is 11.2. The highest BCUT2D eigenvalue weighted by molar-refractivity contribution is 5.63. The molecule has 0 saturated carbocycles. The second-order valence-electron chi connectivity index (χ2n) is 6.74. The van der Waals surface area contributed by atoms with Crippen LogP contribution in [0.4, 0.5) is 4.39 Å². The summed E-state index contributed by atoms with van der Waals surface area (Å²) in [6.07, 6.45) is 5.04. The van der Waals surface area contributed by atoms with Gasteiger partial charge in [0.25, 0.3) is 0 Å². The average Bonchev–Trinajstić information content (AvgIpc) is 2.96. The summed E-state index contributed by atoms with van der Waals surface area (Å²) in [5, 5.41) is 0. The van der Waals surface area contributed by atoms with Crippen molar-refractivity contribution in [1.29, 1.82) is 0 Å². The fraction of sp³-hybridized carbons (Fsp3) is 0.318. The Morgan fingerprint density at radius 3 is 2.36 bits per heavy atom. The van der Waals surface area contributed by atoms with Gasteiger partial charge in [-0.15, -0.1) is 0 Å². The molecule has 2 nitrogen and oxygen atoms in total. The molecule has 3 rings (SSSR count). The first-order valence-corrected chi connectivity index (χ1v) is 8.92. The Labute approximate surface area is 149 Å². The van der Waals surface area contributed by atoms with Crippen LogP contribution >= 0.6 is 0 Å². The summed E-state index contributed by atoms with van der Waals surface area (Å²) in [4.78, 5) is 4.60. The van der Waals surface area contributed by atoms with Crippen LogP contribution in [0.15, 0.2) is 42.6 Å². The van der Waals surface area contributed by atoms with Crippen molar-refractivity contribution in [1.82, 2.24) is 9.55 Å². The largest absolute Gasteiger partial charge is 0.296 e. The van der Waals surface area contributed by atoms with Crippen molar-refractivity contribution in [3.05, 3.63) is 70.8 Å². The molecule has 0 amide bonds. The van der Waals surface area contributed by atoms with E-state index in [4.69, 9.17) is 0 Å². The molecule has 0 spiro atoms. The fourth-order valence-corrected chi connectivity index (χ4v) is 3.53. The van der Waals surface area contributed by atoms with Crippen molar-refractivity contribution in [3.63, 3.8) is 0 Å². The number of imidazole rings is 1. The van der Waals surface area contributed by atoms with Crippen molar-refractivity contribution in [2.75, 3.05) is 0 Å². The number of aromatic nitrogens is 2. The molecule has 130 valence electrons. The monoisotopic (exact) mass is 336 g/mol. The first-order valence-electron chi connectivity index (χ1n) is 8.92. The minimum Gasteiger partial charge on any atom is -0.296 e. The molecule has 0 bridgehead atoms. The third kappa shape index (κ3) is 3.37. The first kappa shape index (κ1) is 17.4. The lowest BCUT2D eigenvalue weighted by Crippen LogP contribution is -2.07. The molecule has 1 aromatic heterocycles. The number of unbranched alkanes of at least 4 members (excludes halogenated alkanes) is 1. The van der Waals surface area contributed by atoms with Crippen LogP contribution in [0.1, 0.15) is 42.1 Å². The van der Waals surface area contributed by atoms with Crippen LogP contribution in [-0.2, 0) is 6.42 Å². The zero-order chi connectivity index (χ0) is 18.0. The molecule has 0 aliphatic heterocycles. The molecule has 1 heterocycles. The van der Waals surface area contributed by atoms with Crippen LogP contribution in [-0.4, -0.2) is 9.55 Å². The number of halogens is 1. The molecule has 3 aromatic rings. The van der Waals surface area contributed by atoms with E-state index < -0.39 is 0 Å². The van der Waals surface area contributed by atoms with Crippen LogP contribution in [0, 0.1) is 26.6 Å². The van der Waals surface area contributed by atoms with E-state index in [1.54, 1.807) is 12.1 Å². The summed E-state index contributed by atoms with van der Waals surface area (Å²) in [5.41, 5.74) is 6.41. The van der Waals surface area contributed by atoms with Crippen molar-refractivity contribution >= 4 is 0 Å². The predicted molar refractivity (Wildman–Crippen MR) is 102 cm³/mol. The van der Waals surface area contributed by atoms with Gasteiger partial charge >= 0.3 is 0 Å². The highest BCUT2D eigenvalue weighted by Crippen LogP contribution is 2.31. The molecule has 0 saturated heterocycles. The van der Waals surface area contributed by atoms with E-state index in [1.807, 2.05) is 12.3 Å². The van der Waals surface area contributed by atoms with Crippen molar-refractivity contribution in [2.45, 2.75) is 47.0 Å². The predicted octanol–water partition coefficient (Wildman–Crippen LogP) is 5.95. The SMILES string of the molecule is CCCCc1cnc(-c2ccccc2F)n1-c1c(C)cc(C)cc1C. The standard InChI is InChI=1S/C22H25FN2/c1-5-6-9-18-14-24-22(19-10-7-8-11-20(19)23)25(18)21-16(3)12-15(2)13-17(21)4/h7-8,10-14H,5-6,9H2,1-4H3. The van der Waals surface area contributed by atoms with E-state index in [9.17, 15) is 4.39 Å². The molecule has 0 N–H and O–H groups in total. The van der Waals surface area contributed by atoms with E-state index in [1.165, 1.54) is 22.8 Å². The van der Waals surface area contributed by atoms with Gasteiger partial charge in [0.15, 0.2) is 0 Å². The molecule has 25 heavy (non-hydrogen) atoms. The van der Waals surface area contributed by atoms with E-state index in [-0.39, 0.29) is 5.82 Å². The molecular weight excluding hydrogens is 311 g/mol. The second kappa shape index (κ2) is 7.22. The number of nitrogens with zero attached hydrogens (tertiary/aromatic N) is 2. The summed E-state index contributed by atoms with van der Waals surface area (Å²) in [6.45, 7) is 8.52. The highest BCUT2D eigenvalue weighted by Gasteiger charge is 2.19. The molecule has 3 heteroatoms. The third-order valence-corrected chi connectivity index (χ3v) is 4.60. The Balaban J connectivity index is 2.27. The maximum Gasteiger partial charge on any atom is 0.147 e. The Morgan fingerprint density at radius 1 is 1.04 bits per heavy atom. The van der Waals surface area contributed by atoms with Gasteiger partial charge in [-0.05, 0) is 56.9 Å². The number of hydrogen-bond donors (Lipinski definition) is 0. The quantitative estimate of drug-likeness (QED) is 0.563. The summed E-state index contributed by atoms with van der Waals surface area (Å²) >= 11 is 0. The van der Waals surface area contributed by atoms with E-state index in [0.717, 1.165) is 30.6 Å². The maximum atomic E-state index is 14.4. The zero-order valence-electron chi connectivity index (χ0n) is 15.4. The van der Waals surface area contributed by atoms with Gasteiger partial charge in [0.05, 0.1) is 11.3 Å². The topological polar surface area (TPSA) is 17.8 Å². The molecule has 0 fully saturated rings. The summed E-state index contributed by atoms with van der Waals surface area (Å²) < 4.78 is 16.6. The van der Waals surface area contributed by atoms with Crippen LogP contribution in [0.3, 0.4) is 0 Å². The average molecular weight is 336 g/mol. The molecular formula is C22H25FN2. The molecule has 2 aromatic carbocycles. The van der Waals surface area contributed by atoms with Gasteiger partial charge in [-0.3, -0.25) is 4.57 Å².